The van der Waals surface area contributed by atoms with Gasteiger partial charge in [0.15, 0.2) is 0 Å². The zero-order chi connectivity index (χ0) is 12.5. The monoisotopic (exact) mass is 239 g/mol. The van der Waals surface area contributed by atoms with Gasteiger partial charge in [-0.2, -0.15) is 0 Å². The first kappa shape index (κ1) is 13.4. The van der Waals surface area contributed by atoms with Crippen LogP contribution in [0.2, 0.25) is 0 Å². The second kappa shape index (κ2) is 4.89. The average molecular weight is 239 g/mol. The number of aliphatic hydroxyl groups is 1. The number of hydrogen-bond acceptors (Lipinski definition) is 2. The van der Waals surface area contributed by atoms with Gasteiger partial charge in [-0.3, -0.25) is 0 Å². The highest BCUT2D eigenvalue weighted by atomic mass is 16.3. The van der Waals surface area contributed by atoms with E-state index in [2.05, 4.69) is 13.8 Å². The molecule has 2 rings (SSSR count). The molecule has 2 aliphatic rings. The Labute approximate surface area is 106 Å². The van der Waals surface area contributed by atoms with Crippen molar-refractivity contribution in [1.29, 1.82) is 0 Å². The molecule has 2 nitrogen and oxygen atoms in total. The first-order valence-electron chi connectivity index (χ1n) is 7.44. The van der Waals surface area contributed by atoms with Crippen LogP contribution >= 0.6 is 0 Å². The van der Waals surface area contributed by atoms with E-state index in [0.717, 1.165) is 18.8 Å². The predicted octanol–water partition coefficient (Wildman–Crippen LogP) is 3.08. The van der Waals surface area contributed by atoms with Crippen molar-refractivity contribution in [3.05, 3.63) is 0 Å². The van der Waals surface area contributed by atoms with Crippen molar-refractivity contribution < 1.29 is 5.11 Å². The van der Waals surface area contributed by atoms with Crippen LogP contribution in [0, 0.1) is 17.3 Å². The fourth-order valence-electron chi connectivity index (χ4n) is 4.34. The largest absolute Gasteiger partial charge is 0.389 e. The highest BCUT2D eigenvalue weighted by molar-refractivity contribution is 5.04. The molecule has 17 heavy (non-hydrogen) atoms. The van der Waals surface area contributed by atoms with Crippen molar-refractivity contribution in [1.82, 2.24) is 0 Å². The quantitative estimate of drug-likeness (QED) is 0.795. The average Bonchev–Trinajstić information content (AvgIpc) is 2.74. The van der Waals surface area contributed by atoms with Gasteiger partial charge in [-0.25, -0.2) is 0 Å². The molecule has 0 bridgehead atoms. The van der Waals surface area contributed by atoms with E-state index in [0.29, 0.717) is 12.5 Å². The van der Waals surface area contributed by atoms with Crippen LogP contribution in [0.25, 0.3) is 0 Å². The number of nitrogens with two attached hydrogens (primary N) is 1. The molecule has 0 aliphatic heterocycles. The fourth-order valence-corrected chi connectivity index (χ4v) is 4.34. The Morgan fingerprint density at radius 3 is 2.35 bits per heavy atom. The van der Waals surface area contributed by atoms with Crippen LogP contribution in [0.5, 0.6) is 0 Å². The van der Waals surface area contributed by atoms with Crippen LogP contribution in [-0.4, -0.2) is 17.3 Å². The second-order valence-electron chi connectivity index (χ2n) is 6.81. The smallest absolute Gasteiger partial charge is 0.0715 e. The van der Waals surface area contributed by atoms with Crippen molar-refractivity contribution in [2.24, 2.45) is 23.0 Å². The minimum absolute atomic E-state index is 0.00553. The third-order valence-corrected chi connectivity index (χ3v) is 5.72. The molecule has 3 unspecified atom stereocenters. The van der Waals surface area contributed by atoms with Gasteiger partial charge in [-0.05, 0) is 44.4 Å². The van der Waals surface area contributed by atoms with E-state index in [-0.39, 0.29) is 5.41 Å². The molecule has 0 aromatic heterocycles. The molecule has 100 valence electrons. The summed E-state index contributed by atoms with van der Waals surface area (Å²) in [6.07, 6.45) is 9.79. The van der Waals surface area contributed by atoms with E-state index in [1.807, 2.05) is 0 Å². The van der Waals surface area contributed by atoms with Gasteiger partial charge in [0.1, 0.15) is 0 Å². The minimum Gasteiger partial charge on any atom is -0.389 e. The lowest BCUT2D eigenvalue weighted by Gasteiger charge is -2.48. The summed E-state index contributed by atoms with van der Waals surface area (Å²) < 4.78 is 0. The van der Waals surface area contributed by atoms with Gasteiger partial charge in [0.25, 0.3) is 0 Å². The van der Waals surface area contributed by atoms with Gasteiger partial charge in [0.2, 0.25) is 0 Å². The molecule has 2 saturated carbocycles. The molecule has 0 aromatic rings. The van der Waals surface area contributed by atoms with Crippen LogP contribution in [0.3, 0.4) is 0 Å². The SMILES string of the molecule is CC1CCC(CN)(C(C)(O)C2CCCCC2)C1. The predicted molar refractivity (Wildman–Crippen MR) is 71.7 cm³/mol. The summed E-state index contributed by atoms with van der Waals surface area (Å²) in [5.74, 6) is 1.21. The van der Waals surface area contributed by atoms with E-state index >= 15 is 0 Å². The summed E-state index contributed by atoms with van der Waals surface area (Å²) >= 11 is 0. The second-order valence-corrected chi connectivity index (χ2v) is 6.81. The highest BCUT2D eigenvalue weighted by Crippen LogP contribution is 2.53. The minimum atomic E-state index is -0.549. The summed E-state index contributed by atoms with van der Waals surface area (Å²) in [5.41, 5.74) is 5.51. The lowest BCUT2D eigenvalue weighted by Crippen LogP contribution is -2.54. The molecular weight excluding hydrogens is 210 g/mol. The Hall–Kier alpha value is -0.0800. The standard InChI is InChI=1S/C15H29NO/c1-12-8-9-15(10-12,11-16)14(2,17)13-6-4-3-5-7-13/h12-13,17H,3-11,16H2,1-2H3. The summed E-state index contributed by atoms with van der Waals surface area (Å²) in [7, 11) is 0. The summed E-state index contributed by atoms with van der Waals surface area (Å²) in [6, 6.07) is 0. The van der Waals surface area contributed by atoms with Crippen molar-refractivity contribution >= 4 is 0 Å². The van der Waals surface area contributed by atoms with Gasteiger partial charge in [0, 0.05) is 12.0 Å². The molecule has 0 amide bonds. The molecule has 2 aliphatic carbocycles. The van der Waals surface area contributed by atoms with Gasteiger partial charge in [-0.15, -0.1) is 0 Å². The third kappa shape index (κ3) is 2.26. The lowest BCUT2D eigenvalue weighted by atomic mass is 9.62. The van der Waals surface area contributed by atoms with Crippen LogP contribution < -0.4 is 5.73 Å². The molecule has 0 saturated heterocycles. The molecule has 0 heterocycles. The molecule has 3 atom stereocenters. The Morgan fingerprint density at radius 2 is 1.88 bits per heavy atom. The zero-order valence-electron chi connectivity index (χ0n) is 11.5. The maximum absolute atomic E-state index is 11.1. The topological polar surface area (TPSA) is 46.2 Å². The molecular formula is C15H29NO. The molecule has 2 fully saturated rings. The van der Waals surface area contributed by atoms with Gasteiger partial charge in [0.05, 0.1) is 5.60 Å². The van der Waals surface area contributed by atoms with Crippen LogP contribution in [0.4, 0.5) is 0 Å². The van der Waals surface area contributed by atoms with Gasteiger partial charge < -0.3 is 10.8 Å². The van der Waals surface area contributed by atoms with Crippen molar-refractivity contribution in [3.63, 3.8) is 0 Å². The normalized spacial score (nSPS) is 39.2. The van der Waals surface area contributed by atoms with E-state index in [1.54, 1.807) is 0 Å². The Bertz CT molecular complexity index is 258. The molecule has 3 N–H and O–H groups in total. The van der Waals surface area contributed by atoms with Crippen LogP contribution in [0.15, 0.2) is 0 Å². The molecule has 2 heteroatoms. The van der Waals surface area contributed by atoms with E-state index in [4.69, 9.17) is 5.73 Å². The van der Waals surface area contributed by atoms with Crippen molar-refractivity contribution in [3.8, 4) is 0 Å². The van der Waals surface area contributed by atoms with E-state index < -0.39 is 5.60 Å². The summed E-state index contributed by atoms with van der Waals surface area (Å²) in [6.45, 7) is 5.03. The first-order valence-corrected chi connectivity index (χ1v) is 7.44. The molecule has 0 radical (unpaired) electrons. The van der Waals surface area contributed by atoms with E-state index in [9.17, 15) is 5.11 Å². The number of hydrogen-bond donors (Lipinski definition) is 2. The van der Waals surface area contributed by atoms with E-state index in [1.165, 1.54) is 38.5 Å². The van der Waals surface area contributed by atoms with Gasteiger partial charge >= 0.3 is 0 Å². The number of rotatable bonds is 3. The molecule has 0 aromatic carbocycles. The first-order chi connectivity index (χ1) is 8.02. The van der Waals surface area contributed by atoms with Crippen molar-refractivity contribution in [2.45, 2.75) is 70.8 Å². The summed E-state index contributed by atoms with van der Waals surface area (Å²) in [4.78, 5) is 0. The highest BCUT2D eigenvalue weighted by Gasteiger charge is 2.53. The third-order valence-electron chi connectivity index (χ3n) is 5.72. The maximum atomic E-state index is 11.1. The van der Waals surface area contributed by atoms with Crippen molar-refractivity contribution in [2.75, 3.05) is 6.54 Å². The summed E-state index contributed by atoms with van der Waals surface area (Å²) in [5, 5.41) is 11.1. The van der Waals surface area contributed by atoms with Crippen LogP contribution in [0.1, 0.15) is 65.2 Å². The fraction of sp³-hybridized carbons (Fsp3) is 1.00. The van der Waals surface area contributed by atoms with Gasteiger partial charge in [-0.1, -0.05) is 32.6 Å². The molecule has 0 spiro atoms. The Balaban J connectivity index is 2.16. The Morgan fingerprint density at radius 1 is 1.24 bits per heavy atom. The lowest BCUT2D eigenvalue weighted by molar-refractivity contribution is -0.117. The van der Waals surface area contributed by atoms with Crippen LogP contribution in [-0.2, 0) is 0 Å². The zero-order valence-corrected chi connectivity index (χ0v) is 11.5. The Kier molecular flexibility index (Phi) is 3.84. The maximum Gasteiger partial charge on any atom is 0.0715 e.